The van der Waals surface area contributed by atoms with Crippen LogP contribution in [0.2, 0.25) is 0 Å². The Morgan fingerprint density at radius 2 is 1.83 bits per heavy atom. The molecule has 0 bridgehead atoms. The number of aliphatic hydroxyl groups is 1. The Balaban J connectivity index is 2.01. The molecule has 2 aromatic rings. The van der Waals surface area contributed by atoms with E-state index in [0.717, 1.165) is 23.7 Å². The Labute approximate surface area is 177 Å². The van der Waals surface area contributed by atoms with E-state index in [1.807, 2.05) is 6.92 Å². The van der Waals surface area contributed by atoms with Crippen LogP contribution in [0.3, 0.4) is 0 Å². The van der Waals surface area contributed by atoms with Crippen molar-refractivity contribution in [2.24, 2.45) is 0 Å². The van der Waals surface area contributed by atoms with Crippen LogP contribution in [0.15, 0.2) is 53.0 Å². The Morgan fingerprint density at radius 3 is 2.52 bits per heavy atom. The average molecular weight is 460 g/mol. The first-order chi connectivity index (χ1) is 13.9. The number of benzene rings is 2. The lowest BCUT2D eigenvalue weighted by Crippen LogP contribution is -2.59. The molecule has 2 N–H and O–H groups in total. The molecule has 0 aliphatic carbocycles. The van der Waals surface area contributed by atoms with Crippen molar-refractivity contribution in [3.63, 3.8) is 0 Å². The van der Waals surface area contributed by atoms with Crippen molar-refractivity contribution in [2.45, 2.75) is 37.9 Å². The number of esters is 1. The smallest absolute Gasteiger partial charge is 0.339 e. The van der Waals surface area contributed by atoms with Crippen LogP contribution in [-0.4, -0.2) is 35.4 Å². The van der Waals surface area contributed by atoms with Gasteiger partial charge in [-0.05, 0) is 24.6 Å². The van der Waals surface area contributed by atoms with Gasteiger partial charge in [0.2, 0.25) is 17.5 Å². The maximum absolute atomic E-state index is 13.1. The Morgan fingerprint density at radius 1 is 1.14 bits per heavy atom. The third kappa shape index (κ3) is 4.11. The number of nitrogens with one attached hydrogen (secondary N) is 1. The molecule has 0 radical (unpaired) electrons. The highest BCUT2D eigenvalue weighted by atomic mass is 79.9. The fraction of sp³-hybridized carbons (Fsp3) is 0.318. The fourth-order valence-electron chi connectivity index (χ4n) is 3.35. The standard InChI is InChI=1S/C22H22BrNO5/c1-2-3-6-13-24-21(27)22(28)17-8-5-4-7-16(17)20(26)29-19(22)18(25)14-9-11-15(23)12-10-14/h4-5,7-12,19,28H,2-3,6,13H2,1H3,(H,24,27)/t19-,22-/m0/s1. The van der Waals surface area contributed by atoms with E-state index in [2.05, 4.69) is 21.2 Å². The molecule has 0 aromatic heterocycles. The van der Waals surface area contributed by atoms with Gasteiger partial charge in [0, 0.05) is 22.1 Å². The number of fused-ring (bicyclic) bond motifs is 1. The predicted molar refractivity (Wildman–Crippen MR) is 111 cm³/mol. The molecule has 2 aromatic carbocycles. The van der Waals surface area contributed by atoms with Crippen LogP contribution in [0.5, 0.6) is 0 Å². The molecule has 6 nitrogen and oxygen atoms in total. The lowest BCUT2D eigenvalue weighted by Gasteiger charge is -2.38. The van der Waals surface area contributed by atoms with Gasteiger partial charge < -0.3 is 15.2 Å². The molecule has 0 spiro atoms. The SMILES string of the molecule is CCCCCNC(=O)[C@]1(O)c2ccccc2C(=O)O[C@H]1C(=O)c1ccc(Br)cc1. The summed E-state index contributed by atoms with van der Waals surface area (Å²) in [5.41, 5.74) is -1.96. The van der Waals surface area contributed by atoms with Gasteiger partial charge in [-0.1, -0.05) is 66.0 Å². The van der Waals surface area contributed by atoms with Crippen LogP contribution in [-0.2, 0) is 15.1 Å². The summed E-state index contributed by atoms with van der Waals surface area (Å²) in [5.74, 6) is -2.16. The summed E-state index contributed by atoms with van der Waals surface area (Å²) in [5, 5.41) is 14.2. The predicted octanol–water partition coefficient (Wildman–Crippen LogP) is 3.37. The summed E-state index contributed by atoms with van der Waals surface area (Å²) in [6.45, 7) is 2.39. The lowest BCUT2D eigenvalue weighted by molar-refractivity contribution is -0.153. The van der Waals surface area contributed by atoms with Gasteiger partial charge in [0.15, 0.2) is 0 Å². The second-order valence-corrected chi connectivity index (χ2v) is 7.85. The number of carbonyl (C=O) groups is 3. The van der Waals surface area contributed by atoms with Crippen molar-refractivity contribution >= 4 is 33.6 Å². The van der Waals surface area contributed by atoms with Gasteiger partial charge in [-0.25, -0.2) is 4.79 Å². The van der Waals surface area contributed by atoms with Crippen LogP contribution in [0.25, 0.3) is 0 Å². The number of carbonyl (C=O) groups excluding carboxylic acids is 3. The van der Waals surface area contributed by atoms with E-state index >= 15 is 0 Å². The molecule has 1 heterocycles. The highest BCUT2D eigenvalue weighted by Gasteiger charge is 2.56. The molecule has 1 amide bonds. The topological polar surface area (TPSA) is 92.7 Å². The van der Waals surface area contributed by atoms with E-state index in [-0.39, 0.29) is 16.7 Å². The van der Waals surface area contributed by atoms with Gasteiger partial charge in [0.05, 0.1) is 5.56 Å². The molecule has 3 rings (SSSR count). The number of Topliss-reactive ketones (excluding diaryl/α,β-unsaturated/α-hetero) is 1. The van der Waals surface area contributed by atoms with Gasteiger partial charge >= 0.3 is 5.97 Å². The lowest BCUT2D eigenvalue weighted by atomic mass is 9.79. The zero-order valence-corrected chi connectivity index (χ0v) is 17.6. The first kappa shape index (κ1) is 21.2. The molecule has 29 heavy (non-hydrogen) atoms. The van der Waals surface area contributed by atoms with E-state index < -0.39 is 29.4 Å². The van der Waals surface area contributed by atoms with Crippen LogP contribution in [0.1, 0.15) is 52.5 Å². The van der Waals surface area contributed by atoms with Crippen LogP contribution in [0, 0.1) is 0 Å². The third-order valence-corrected chi connectivity index (χ3v) is 5.47. The number of rotatable bonds is 7. The average Bonchev–Trinajstić information content (AvgIpc) is 2.73. The van der Waals surface area contributed by atoms with Crippen molar-refractivity contribution in [1.82, 2.24) is 5.32 Å². The van der Waals surface area contributed by atoms with Crippen LogP contribution < -0.4 is 5.32 Å². The second-order valence-electron chi connectivity index (χ2n) is 6.93. The van der Waals surface area contributed by atoms with Crippen molar-refractivity contribution in [1.29, 1.82) is 0 Å². The highest BCUT2D eigenvalue weighted by Crippen LogP contribution is 2.37. The number of amides is 1. The van der Waals surface area contributed by atoms with E-state index in [4.69, 9.17) is 4.74 Å². The fourth-order valence-corrected chi connectivity index (χ4v) is 3.62. The number of hydrogen-bond acceptors (Lipinski definition) is 5. The van der Waals surface area contributed by atoms with Crippen molar-refractivity contribution < 1.29 is 24.2 Å². The zero-order valence-electron chi connectivity index (χ0n) is 16.0. The van der Waals surface area contributed by atoms with Crippen LogP contribution in [0.4, 0.5) is 0 Å². The summed E-state index contributed by atoms with van der Waals surface area (Å²) in [7, 11) is 0. The first-order valence-corrected chi connectivity index (χ1v) is 10.3. The summed E-state index contributed by atoms with van der Waals surface area (Å²) < 4.78 is 6.08. The molecular weight excluding hydrogens is 438 g/mol. The van der Waals surface area contributed by atoms with Crippen LogP contribution >= 0.6 is 15.9 Å². The highest BCUT2D eigenvalue weighted by molar-refractivity contribution is 9.10. The van der Waals surface area contributed by atoms with E-state index in [1.165, 1.54) is 12.1 Å². The normalized spacial score (nSPS) is 20.5. The zero-order chi connectivity index (χ0) is 21.0. The molecule has 1 aliphatic rings. The third-order valence-electron chi connectivity index (χ3n) is 4.94. The molecule has 0 unspecified atom stereocenters. The molecule has 7 heteroatoms. The first-order valence-electron chi connectivity index (χ1n) is 9.50. The van der Waals surface area contributed by atoms with E-state index in [9.17, 15) is 19.5 Å². The Bertz CT molecular complexity index is 927. The Hall–Kier alpha value is -2.51. The number of cyclic esters (lactones) is 1. The van der Waals surface area contributed by atoms with Gasteiger partial charge in [0.25, 0.3) is 5.91 Å². The molecule has 0 saturated carbocycles. The minimum Gasteiger partial charge on any atom is -0.446 e. The summed E-state index contributed by atoms with van der Waals surface area (Å²) >= 11 is 3.30. The van der Waals surface area contributed by atoms with Crippen molar-refractivity contribution in [3.05, 3.63) is 69.7 Å². The van der Waals surface area contributed by atoms with Gasteiger partial charge in [-0.3, -0.25) is 9.59 Å². The number of ether oxygens (including phenoxy) is 1. The number of halogens is 1. The minimum atomic E-state index is -2.32. The molecule has 1 aliphatic heterocycles. The van der Waals surface area contributed by atoms with Crippen molar-refractivity contribution in [3.8, 4) is 0 Å². The molecular formula is C22H22BrNO5. The molecule has 2 atom stereocenters. The number of unbranched alkanes of at least 4 members (excludes halogenated alkanes) is 2. The summed E-state index contributed by atoms with van der Waals surface area (Å²) in [6, 6.07) is 12.6. The summed E-state index contributed by atoms with van der Waals surface area (Å²) in [6.07, 6.45) is 0.958. The van der Waals surface area contributed by atoms with E-state index in [0.29, 0.717) is 6.54 Å². The molecule has 0 fully saturated rings. The quantitative estimate of drug-likeness (QED) is 0.376. The van der Waals surface area contributed by atoms with Gasteiger partial charge in [0.1, 0.15) is 0 Å². The molecule has 0 saturated heterocycles. The summed E-state index contributed by atoms with van der Waals surface area (Å²) in [4.78, 5) is 38.6. The monoisotopic (exact) mass is 459 g/mol. The Kier molecular flexibility index (Phi) is 6.49. The van der Waals surface area contributed by atoms with Gasteiger partial charge in [-0.2, -0.15) is 0 Å². The maximum Gasteiger partial charge on any atom is 0.339 e. The van der Waals surface area contributed by atoms with Crippen molar-refractivity contribution in [2.75, 3.05) is 6.54 Å². The number of hydrogen-bond donors (Lipinski definition) is 2. The second kappa shape index (κ2) is 8.88. The minimum absolute atomic E-state index is 0.0681. The maximum atomic E-state index is 13.1. The molecule has 152 valence electrons. The number of ketones is 1. The largest absolute Gasteiger partial charge is 0.446 e. The van der Waals surface area contributed by atoms with Gasteiger partial charge in [-0.15, -0.1) is 0 Å². The van der Waals surface area contributed by atoms with E-state index in [1.54, 1.807) is 36.4 Å².